The van der Waals surface area contributed by atoms with Crippen LogP contribution in [0.15, 0.2) is 48.5 Å². The monoisotopic (exact) mass is 340 g/mol. The van der Waals surface area contributed by atoms with Crippen molar-refractivity contribution in [3.05, 3.63) is 54.1 Å². The molecule has 2 aromatic rings. The first-order chi connectivity index (χ1) is 12.0. The Bertz CT molecular complexity index is 679. The fraction of sp³-hybridized carbons (Fsp3) is 0.381. The molecule has 4 nitrogen and oxygen atoms in total. The summed E-state index contributed by atoms with van der Waals surface area (Å²) in [6.07, 6.45) is 0.552. The molecule has 134 valence electrons. The highest BCUT2D eigenvalue weighted by atomic mass is 16.5. The lowest BCUT2D eigenvalue weighted by Crippen LogP contribution is -2.16. The van der Waals surface area contributed by atoms with E-state index < -0.39 is 0 Å². The Hall–Kier alpha value is -2.49. The van der Waals surface area contributed by atoms with Crippen molar-refractivity contribution < 1.29 is 9.53 Å². The molecule has 0 spiro atoms. The largest absolute Gasteiger partial charge is 0.491 e. The molecule has 1 amide bonds. The first-order valence-electron chi connectivity index (χ1n) is 8.85. The molecule has 0 unspecified atom stereocenters. The first-order valence-corrected chi connectivity index (χ1v) is 8.85. The van der Waals surface area contributed by atoms with E-state index in [0.29, 0.717) is 18.9 Å². The van der Waals surface area contributed by atoms with Crippen molar-refractivity contribution in [2.45, 2.75) is 46.1 Å². The molecular weight excluding hydrogens is 312 g/mol. The Balaban J connectivity index is 1.81. The number of benzene rings is 2. The number of para-hydroxylation sites is 1. The van der Waals surface area contributed by atoms with Gasteiger partial charge in [-0.3, -0.25) is 4.79 Å². The molecule has 0 atom stereocenters. The number of anilines is 2. The van der Waals surface area contributed by atoms with Gasteiger partial charge in [-0.25, -0.2) is 0 Å². The van der Waals surface area contributed by atoms with Gasteiger partial charge in [0.1, 0.15) is 5.75 Å². The van der Waals surface area contributed by atoms with Gasteiger partial charge >= 0.3 is 0 Å². The fourth-order valence-corrected chi connectivity index (χ4v) is 2.58. The number of carbonyl (C=O) groups is 1. The molecule has 0 aliphatic heterocycles. The van der Waals surface area contributed by atoms with Crippen LogP contribution in [0.4, 0.5) is 11.4 Å². The summed E-state index contributed by atoms with van der Waals surface area (Å²) in [6, 6.07) is 15.7. The van der Waals surface area contributed by atoms with Gasteiger partial charge in [0.05, 0.1) is 6.10 Å². The molecule has 0 saturated heterocycles. The summed E-state index contributed by atoms with van der Waals surface area (Å²) in [7, 11) is 0. The molecule has 0 fully saturated rings. The van der Waals surface area contributed by atoms with Crippen LogP contribution in [0, 0.1) is 0 Å². The van der Waals surface area contributed by atoms with Crippen molar-refractivity contribution in [2.24, 2.45) is 0 Å². The zero-order valence-electron chi connectivity index (χ0n) is 15.5. The summed E-state index contributed by atoms with van der Waals surface area (Å²) in [5.41, 5.74) is 3.15. The van der Waals surface area contributed by atoms with Gasteiger partial charge in [-0.2, -0.15) is 0 Å². The van der Waals surface area contributed by atoms with Crippen LogP contribution in [-0.2, 0) is 4.79 Å². The maximum absolute atomic E-state index is 12.1. The number of hydrogen-bond donors (Lipinski definition) is 2. The fourth-order valence-electron chi connectivity index (χ4n) is 2.58. The van der Waals surface area contributed by atoms with Crippen LogP contribution < -0.4 is 15.4 Å². The normalized spacial score (nSPS) is 10.8. The molecule has 0 aliphatic carbocycles. The molecule has 0 aliphatic rings. The zero-order chi connectivity index (χ0) is 18.2. The Morgan fingerprint density at radius 2 is 1.68 bits per heavy atom. The molecule has 2 rings (SSSR count). The van der Waals surface area contributed by atoms with Gasteiger partial charge < -0.3 is 15.4 Å². The molecule has 0 bridgehead atoms. The third-order valence-electron chi connectivity index (χ3n) is 3.76. The predicted octanol–water partition coefficient (Wildman–Crippen LogP) is 5.04. The van der Waals surface area contributed by atoms with E-state index in [9.17, 15) is 4.79 Å². The predicted molar refractivity (Wildman–Crippen MR) is 104 cm³/mol. The number of nitrogens with one attached hydrogen (secondary N) is 2. The van der Waals surface area contributed by atoms with Crippen LogP contribution in [0.2, 0.25) is 0 Å². The molecule has 0 aromatic heterocycles. The van der Waals surface area contributed by atoms with E-state index in [0.717, 1.165) is 17.1 Å². The van der Waals surface area contributed by atoms with Crippen molar-refractivity contribution in [3.63, 3.8) is 0 Å². The van der Waals surface area contributed by atoms with E-state index in [1.165, 1.54) is 5.56 Å². The summed E-state index contributed by atoms with van der Waals surface area (Å²) in [6.45, 7) is 8.91. The molecule has 2 aromatic carbocycles. The minimum Gasteiger partial charge on any atom is -0.491 e. The summed E-state index contributed by atoms with van der Waals surface area (Å²) in [5, 5.41) is 6.27. The second kappa shape index (κ2) is 9.11. The van der Waals surface area contributed by atoms with Gasteiger partial charge in [-0.15, -0.1) is 0 Å². The van der Waals surface area contributed by atoms with Gasteiger partial charge in [-0.1, -0.05) is 32.0 Å². The van der Waals surface area contributed by atoms with E-state index in [4.69, 9.17) is 4.74 Å². The standard InChI is InChI=1S/C21H28N2O2/c1-15(2)19-7-5-6-8-20(19)22-14-13-21(24)23-17-9-11-18(12-10-17)25-16(3)4/h5-12,15-16,22H,13-14H2,1-4H3,(H,23,24). The van der Waals surface area contributed by atoms with E-state index in [1.807, 2.05) is 50.2 Å². The van der Waals surface area contributed by atoms with Crippen molar-refractivity contribution in [1.82, 2.24) is 0 Å². The third-order valence-corrected chi connectivity index (χ3v) is 3.76. The number of ether oxygens (including phenoxy) is 1. The van der Waals surface area contributed by atoms with Crippen LogP contribution in [0.5, 0.6) is 5.75 Å². The summed E-state index contributed by atoms with van der Waals surface area (Å²) in [4.78, 5) is 12.1. The summed E-state index contributed by atoms with van der Waals surface area (Å²) >= 11 is 0. The smallest absolute Gasteiger partial charge is 0.226 e. The molecule has 0 saturated carbocycles. The van der Waals surface area contributed by atoms with Crippen LogP contribution in [0.1, 0.15) is 45.6 Å². The minimum atomic E-state index is -0.00736. The quantitative estimate of drug-likeness (QED) is 0.708. The maximum Gasteiger partial charge on any atom is 0.226 e. The van der Waals surface area contributed by atoms with Crippen LogP contribution in [0.25, 0.3) is 0 Å². The van der Waals surface area contributed by atoms with Crippen LogP contribution in [-0.4, -0.2) is 18.6 Å². The average molecular weight is 340 g/mol. The van der Waals surface area contributed by atoms with Gasteiger partial charge in [0.15, 0.2) is 0 Å². The van der Waals surface area contributed by atoms with Gasteiger partial charge in [0.2, 0.25) is 5.91 Å². The topological polar surface area (TPSA) is 50.4 Å². The van der Waals surface area contributed by atoms with Gasteiger partial charge in [0, 0.05) is 24.3 Å². The van der Waals surface area contributed by atoms with E-state index in [2.05, 4.69) is 36.6 Å². The number of hydrogen-bond acceptors (Lipinski definition) is 3. The van der Waals surface area contributed by atoms with Crippen LogP contribution in [0.3, 0.4) is 0 Å². The number of rotatable bonds is 8. The molecule has 0 radical (unpaired) electrons. The van der Waals surface area contributed by atoms with E-state index >= 15 is 0 Å². The Morgan fingerprint density at radius 1 is 1.00 bits per heavy atom. The molecule has 4 heteroatoms. The van der Waals surface area contributed by atoms with E-state index in [-0.39, 0.29) is 12.0 Å². The maximum atomic E-state index is 12.1. The second-order valence-corrected chi connectivity index (χ2v) is 6.66. The highest BCUT2D eigenvalue weighted by Gasteiger charge is 2.07. The van der Waals surface area contributed by atoms with Crippen molar-refractivity contribution >= 4 is 17.3 Å². The first kappa shape index (κ1) is 18.8. The summed E-state index contributed by atoms with van der Waals surface area (Å²) in [5.74, 6) is 1.25. The van der Waals surface area contributed by atoms with E-state index in [1.54, 1.807) is 0 Å². The summed E-state index contributed by atoms with van der Waals surface area (Å²) < 4.78 is 5.60. The van der Waals surface area contributed by atoms with Gasteiger partial charge in [-0.05, 0) is 55.7 Å². The number of amides is 1. The minimum absolute atomic E-state index is 0.00736. The zero-order valence-corrected chi connectivity index (χ0v) is 15.5. The Kier molecular flexibility index (Phi) is 6.87. The average Bonchev–Trinajstić information content (AvgIpc) is 2.56. The highest BCUT2D eigenvalue weighted by Crippen LogP contribution is 2.23. The molecule has 25 heavy (non-hydrogen) atoms. The lowest BCUT2D eigenvalue weighted by Gasteiger charge is -2.14. The second-order valence-electron chi connectivity index (χ2n) is 6.66. The van der Waals surface area contributed by atoms with Gasteiger partial charge in [0.25, 0.3) is 0 Å². The lowest BCUT2D eigenvalue weighted by atomic mass is 10.0. The lowest BCUT2D eigenvalue weighted by molar-refractivity contribution is -0.115. The molecule has 2 N–H and O–H groups in total. The highest BCUT2D eigenvalue weighted by molar-refractivity contribution is 5.91. The van der Waals surface area contributed by atoms with Crippen molar-refractivity contribution in [1.29, 1.82) is 0 Å². The SMILES string of the molecule is CC(C)Oc1ccc(NC(=O)CCNc2ccccc2C(C)C)cc1. The van der Waals surface area contributed by atoms with Crippen LogP contribution >= 0.6 is 0 Å². The third kappa shape index (κ3) is 6.14. The molecular formula is C21H28N2O2. The number of carbonyl (C=O) groups excluding carboxylic acids is 1. The van der Waals surface area contributed by atoms with Crippen molar-refractivity contribution in [2.75, 3.05) is 17.2 Å². The molecule has 0 heterocycles. The Labute approximate surface area is 150 Å². The van der Waals surface area contributed by atoms with Crippen molar-refractivity contribution in [3.8, 4) is 5.75 Å². The Morgan fingerprint density at radius 3 is 2.32 bits per heavy atom.